The molecule has 1 saturated carbocycles. The quantitative estimate of drug-likeness (QED) is 0.0515. The van der Waals surface area contributed by atoms with E-state index >= 15 is 0 Å². The van der Waals surface area contributed by atoms with E-state index in [1.807, 2.05) is 23.5 Å². The number of thioether (sulfide) groups is 2. The smallest absolute Gasteiger partial charge is 0.315 e. The third kappa shape index (κ3) is 14.8. The van der Waals surface area contributed by atoms with Crippen molar-refractivity contribution in [1.82, 2.24) is 42.5 Å². The van der Waals surface area contributed by atoms with Gasteiger partial charge in [0.2, 0.25) is 23.6 Å². The summed E-state index contributed by atoms with van der Waals surface area (Å²) in [4.78, 5) is 72.9. The molecular weight excluding hydrogens is 743 g/mol. The van der Waals surface area contributed by atoms with Crippen molar-refractivity contribution in [2.45, 2.75) is 175 Å². The number of hydrogen-bond acceptors (Lipinski definition) is 9. The van der Waals surface area contributed by atoms with Gasteiger partial charge in [-0.2, -0.15) is 23.5 Å². The summed E-state index contributed by atoms with van der Waals surface area (Å²) in [6.07, 6.45) is 14.4. The van der Waals surface area contributed by atoms with Crippen molar-refractivity contribution in [2.75, 3.05) is 24.6 Å². The van der Waals surface area contributed by atoms with Crippen LogP contribution in [0.4, 0.5) is 9.59 Å². The normalized spacial score (nSPS) is 29.3. The third-order valence-corrected chi connectivity index (χ3v) is 14.5. The summed E-state index contributed by atoms with van der Waals surface area (Å²) in [5.74, 6) is 2.03. The van der Waals surface area contributed by atoms with Crippen LogP contribution in [0.25, 0.3) is 0 Å². The van der Waals surface area contributed by atoms with Crippen LogP contribution in [0.15, 0.2) is 0 Å². The van der Waals surface area contributed by atoms with Gasteiger partial charge in [-0.25, -0.2) is 9.59 Å². The number of carbonyl (C=O) groups is 6. The van der Waals surface area contributed by atoms with Gasteiger partial charge in [0.05, 0.1) is 24.2 Å². The van der Waals surface area contributed by atoms with E-state index in [0.717, 1.165) is 88.6 Å². The largest absolute Gasteiger partial charge is 0.356 e. The van der Waals surface area contributed by atoms with Crippen molar-refractivity contribution in [3.63, 3.8) is 0 Å². The Morgan fingerprint density at radius 2 is 0.964 bits per heavy atom. The molecule has 8 unspecified atom stereocenters. The molecule has 8 amide bonds. The lowest BCUT2D eigenvalue weighted by Crippen LogP contribution is -2.51. The molecule has 310 valence electrons. The van der Waals surface area contributed by atoms with Gasteiger partial charge in [-0.05, 0) is 70.6 Å². The summed E-state index contributed by atoms with van der Waals surface area (Å²) in [6.45, 7) is 1.22. The fourth-order valence-electron chi connectivity index (χ4n) is 8.55. The Kier molecular flexibility index (Phi) is 17.9. The summed E-state index contributed by atoms with van der Waals surface area (Å²) in [6, 6.07) is 0.541. The second kappa shape index (κ2) is 22.7. The molecule has 4 saturated heterocycles. The van der Waals surface area contributed by atoms with E-state index in [2.05, 4.69) is 42.5 Å². The first-order chi connectivity index (χ1) is 26.6. The van der Waals surface area contributed by atoms with Crippen molar-refractivity contribution < 1.29 is 28.8 Å². The number of rotatable bonds is 24. The predicted molar refractivity (Wildman–Crippen MR) is 217 cm³/mol. The Labute approximate surface area is 334 Å². The first kappa shape index (κ1) is 43.2. The summed E-state index contributed by atoms with van der Waals surface area (Å²) >= 11 is 3.80. The predicted octanol–water partition coefficient (Wildman–Crippen LogP) is 2.27. The molecule has 0 bridgehead atoms. The maximum absolute atomic E-state index is 12.7. The average molecular weight is 808 g/mol. The van der Waals surface area contributed by atoms with Gasteiger partial charge < -0.3 is 48.3 Å². The van der Waals surface area contributed by atoms with Gasteiger partial charge in [0.25, 0.3) is 0 Å². The van der Waals surface area contributed by atoms with Crippen LogP contribution in [0, 0.1) is 0 Å². The standard InChI is InChI=1S/C38H65N9O6S2/c39-24-19-25(42-33(50)15-3-1-9-17-40-31(48)13-7-5-11-29-35-27(22-54-29)44-37(52)46-35)21-26(20-24)43-34(51)16-4-2-10-18-41-32(49)14-8-6-12-30-36-28(23-55-30)45-38(53)47-36/h24-30,35-36H,1-23,39H2,(H,40,48)(H,41,49)(H,42,50)(H,43,51)(H2,44,46,52)(H2,45,47,53). The second-order valence-corrected chi connectivity index (χ2v) is 18.6. The molecule has 1 aliphatic carbocycles. The number of unbranched alkanes of at least 4 members (excludes halogenated alkanes) is 6. The Morgan fingerprint density at radius 3 is 1.42 bits per heavy atom. The molecule has 5 fully saturated rings. The Balaban J connectivity index is 0.803. The maximum atomic E-state index is 12.7. The van der Waals surface area contributed by atoms with Crippen LogP contribution in [0.5, 0.6) is 0 Å². The highest BCUT2D eigenvalue weighted by Gasteiger charge is 2.43. The van der Waals surface area contributed by atoms with E-state index in [-0.39, 0.29) is 78.0 Å². The molecule has 4 aliphatic heterocycles. The molecule has 17 heteroatoms. The third-order valence-electron chi connectivity index (χ3n) is 11.4. The van der Waals surface area contributed by atoms with Crippen LogP contribution in [0.3, 0.4) is 0 Å². The first-order valence-corrected chi connectivity index (χ1v) is 23.0. The minimum absolute atomic E-state index is 0.000699. The van der Waals surface area contributed by atoms with E-state index in [0.29, 0.717) is 68.5 Å². The molecule has 0 aromatic heterocycles. The molecule has 10 N–H and O–H groups in total. The van der Waals surface area contributed by atoms with Gasteiger partial charge in [-0.3, -0.25) is 19.2 Å². The Bertz CT molecular complexity index is 1220. The molecule has 0 spiro atoms. The number of urea groups is 2. The van der Waals surface area contributed by atoms with Gasteiger partial charge >= 0.3 is 12.1 Å². The molecular formula is C38H65N9O6S2. The van der Waals surface area contributed by atoms with Crippen LogP contribution >= 0.6 is 23.5 Å². The second-order valence-electron chi connectivity index (χ2n) is 16.1. The summed E-state index contributed by atoms with van der Waals surface area (Å²) in [7, 11) is 0. The maximum Gasteiger partial charge on any atom is 0.315 e. The molecule has 15 nitrogen and oxygen atoms in total. The van der Waals surface area contributed by atoms with Crippen LogP contribution in [-0.4, -0.2) is 113 Å². The number of hydrogen-bond donors (Lipinski definition) is 9. The molecule has 0 radical (unpaired) electrons. The molecule has 5 aliphatic rings. The summed E-state index contributed by atoms with van der Waals surface area (Å²) in [5, 5.41) is 25.0. The van der Waals surface area contributed by atoms with E-state index < -0.39 is 0 Å². The molecule has 5 rings (SSSR count). The van der Waals surface area contributed by atoms with Crippen molar-refractivity contribution >= 4 is 59.2 Å². The van der Waals surface area contributed by atoms with Crippen molar-refractivity contribution in [1.29, 1.82) is 0 Å². The lowest BCUT2D eigenvalue weighted by Gasteiger charge is -2.34. The van der Waals surface area contributed by atoms with Crippen molar-refractivity contribution in [2.24, 2.45) is 5.73 Å². The summed E-state index contributed by atoms with van der Waals surface area (Å²) in [5.41, 5.74) is 6.30. The topological polar surface area (TPSA) is 225 Å². The number of nitrogens with two attached hydrogens (primary N) is 1. The average Bonchev–Trinajstić information content (AvgIpc) is 3.90. The van der Waals surface area contributed by atoms with Gasteiger partial charge in [-0.1, -0.05) is 25.7 Å². The monoisotopic (exact) mass is 807 g/mol. The SMILES string of the molecule is NC1CC(NC(=O)CCCCCNC(=O)CCCCC2SCC3NC(=O)NC32)CC(NC(=O)CCCCCNC(=O)CCCCC2SCC3NC(=O)NC32)C1. The van der Waals surface area contributed by atoms with Gasteiger partial charge in [0, 0.05) is 78.9 Å². The fraction of sp³-hybridized carbons (Fsp3) is 0.842. The molecule has 0 aromatic carbocycles. The zero-order valence-electron chi connectivity index (χ0n) is 32.3. The van der Waals surface area contributed by atoms with Crippen LogP contribution < -0.4 is 48.3 Å². The number of amides is 8. The van der Waals surface area contributed by atoms with E-state index in [1.165, 1.54) is 0 Å². The molecule has 0 aromatic rings. The Hall–Kier alpha value is -2.92. The first-order valence-electron chi connectivity index (χ1n) is 20.9. The zero-order valence-corrected chi connectivity index (χ0v) is 33.9. The minimum Gasteiger partial charge on any atom is -0.356 e. The lowest BCUT2D eigenvalue weighted by atomic mass is 9.87. The van der Waals surface area contributed by atoms with Gasteiger partial charge in [0.1, 0.15) is 0 Å². The van der Waals surface area contributed by atoms with Gasteiger partial charge in [0.15, 0.2) is 0 Å². The summed E-state index contributed by atoms with van der Waals surface area (Å²) < 4.78 is 0. The van der Waals surface area contributed by atoms with Crippen LogP contribution in [-0.2, 0) is 19.2 Å². The highest BCUT2D eigenvalue weighted by molar-refractivity contribution is 8.00. The molecule has 8 atom stereocenters. The number of nitrogens with one attached hydrogen (secondary N) is 8. The highest BCUT2D eigenvalue weighted by Crippen LogP contribution is 2.34. The van der Waals surface area contributed by atoms with E-state index in [9.17, 15) is 28.8 Å². The highest BCUT2D eigenvalue weighted by atomic mass is 32.2. The van der Waals surface area contributed by atoms with Crippen LogP contribution in [0.1, 0.15) is 122 Å². The minimum atomic E-state index is -0.0842. The zero-order chi connectivity index (χ0) is 39.0. The number of fused-ring (bicyclic) bond motifs is 2. The lowest BCUT2D eigenvalue weighted by molar-refractivity contribution is -0.123. The van der Waals surface area contributed by atoms with Crippen molar-refractivity contribution in [3.05, 3.63) is 0 Å². The van der Waals surface area contributed by atoms with E-state index in [1.54, 1.807) is 0 Å². The van der Waals surface area contributed by atoms with Crippen LogP contribution in [0.2, 0.25) is 0 Å². The molecule has 55 heavy (non-hydrogen) atoms. The number of carbonyl (C=O) groups excluding carboxylic acids is 6. The Morgan fingerprint density at radius 1 is 0.545 bits per heavy atom. The molecule has 4 heterocycles. The van der Waals surface area contributed by atoms with E-state index in [4.69, 9.17) is 5.73 Å². The van der Waals surface area contributed by atoms with Gasteiger partial charge in [-0.15, -0.1) is 0 Å². The fourth-order valence-corrected chi connectivity index (χ4v) is 11.6. The van der Waals surface area contributed by atoms with Crippen molar-refractivity contribution in [3.8, 4) is 0 Å².